The largest absolute Gasteiger partial charge is 0.379 e. The minimum atomic E-state index is -0.745. The predicted octanol–water partition coefficient (Wildman–Crippen LogP) is 0.719. The number of ether oxygens (including phenoxy) is 1. The predicted molar refractivity (Wildman–Crippen MR) is 65.4 cm³/mol. The van der Waals surface area contributed by atoms with E-state index in [-0.39, 0.29) is 5.91 Å². The summed E-state index contributed by atoms with van der Waals surface area (Å²) in [7, 11) is 0. The molecule has 1 aromatic carbocycles. The van der Waals surface area contributed by atoms with Crippen LogP contribution in [0.1, 0.15) is 12.5 Å². The van der Waals surface area contributed by atoms with E-state index in [4.69, 9.17) is 10.5 Å². The third-order valence-electron chi connectivity index (χ3n) is 3.46. The molecule has 1 unspecified atom stereocenters. The van der Waals surface area contributed by atoms with Gasteiger partial charge in [0.25, 0.3) is 0 Å². The molecule has 1 atom stereocenters. The van der Waals surface area contributed by atoms with E-state index in [1.165, 1.54) is 0 Å². The van der Waals surface area contributed by atoms with E-state index < -0.39 is 5.54 Å². The molecule has 1 fully saturated rings. The minimum Gasteiger partial charge on any atom is -0.379 e. The van der Waals surface area contributed by atoms with Crippen LogP contribution in [-0.4, -0.2) is 37.1 Å². The molecule has 1 aromatic rings. The molecule has 1 saturated heterocycles. The topological polar surface area (TPSA) is 55.6 Å². The monoisotopic (exact) mass is 234 g/mol. The maximum Gasteiger partial charge on any atom is 0.242 e. The third-order valence-corrected chi connectivity index (χ3v) is 3.46. The fourth-order valence-corrected chi connectivity index (χ4v) is 2.25. The summed E-state index contributed by atoms with van der Waals surface area (Å²) in [5.41, 5.74) is 5.81. The smallest absolute Gasteiger partial charge is 0.242 e. The Balaban J connectivity index is 2.35. The van der Waals surface area contributed by atoms with E-state index in [0.717, 1.165) is 18.7 Å². The first-order valence-corrected chi connectivity index (χ1v) is 5.84. The zero-order valence-corrected chi connectivity index (χ0v) is 10.1. The zero-order chi connectivity index (χ0) is 12.3. The van der Waals surface area contributed by atoms with E-state index in [2.05, 4.69) is 4.90 Å². The van der Waals surface area contributed by atoms with Crippen LogP contribution < -0.4 is 5.73 Å². The SMILES string of the molecule is CC(C(N)=O)(c1ccccc1)N1CCOCC1. The Hall–Kier alpha value is -1.39. The molecule has 17 heavy (non-hydrogen) atoms. The highest BCUT2D eigenvalue weighted by molar-refractivity contribution is 5.85. The highest BCUT2D eigenvalue weighted by Crippen LogP contribution is 2.28. The van der Waals surface area contributed by atoms with Gasteiger partial charge in [-0.25, -0.2) is 0 Å². The first kappa shape index (κ1) is 12.1. The van der Waals surface area contributed by atoms with E-state index >= 15 is 0 Å². The summed E-state index contributed by atoms with van der Waals surface area (Å²) >= 11 is 0. The average Bonchev–Trinajstić information content (AvgIpc) is 2.39. The van der Waals surface area contributed by atoms with Gasteiger partial charge in [-0.2, -0.15) is 0 Å². The van der Waals surface area contributed by atoms with Crippen molar-refractivity contribution in [2.24, 2.45) is 5.73 Å². The van der Waals surface area contributed by atoms with Crippen LogP contribution in [-0.2, 0) is 15.1 Å². The number of nitrogens with zero attached hydrogens (tertiary/aromatic N) is 1. The van der Waals surface area contributed by atoms with Crippen LogP contribution in [0.4, 0.5) is 0 Å². The summed E-state index contributed by atoms with van der Waals surface area (Å²) in [4.78, 5) is 14.0. The Kier molecular flexibility index (Phi) is 3.45. The van der Waals surface area contributed by atoms with Crippen molar-refractivity contribution in [3.8, 4) is 0 Å². The molecule has 0 radical (unpaired) electrons. The van der Waals surface area contributed by atoms with Gasteiger partial charge in [0.2, 0.25) is 5.91 Å². The fraction of sp³-hybridized carbons (Fsp3) is 0.462. The van der Waals surface area contributed by atoms with Gasteiger partial charge in [-0.3, -0.25) is 9.69 Å². The second-order valence-electron chi connectivity index (χ2n) is 4.40. The second kappa shape index (κ2) is 4.85. The normalized spacial score (nSPS) is 20.8. The molecule has 92 valence electrons. The lowest BCUT2D eigenvalue weighted by molar-refractivity contribution is -0.133. The first-order chi connectivity index (χ1) is 8.15. The van der Waals surface area contributed by atoms with Gasteiger partial charge in [-0.15, -0.1) is 0 Å². The van der Waals surface area contributed by atoms with Crippen LogP contribution in [0.25, 0.3) is 0 Å². The lowest BCUT2D eigenvalue weighted by Crippen LogP contribution is -2.56. The van der Waals surface area contributed by atoms with Crippen molar-refractivity contribution in [1.29, 1.82) is 0 Å². The summed E-state index contributed by atoms with van der Waals surface area (Å²) in [5.74, 6) is -0.314. The first-order valence-electron chi connectivity index (χ1n) is 5.84. The Labute approximate surface area is 101 Å². The Morgan fingerprint density at radius 1 is 1.29 bits per heavy atom. The lowest BCUT2D eigenvalue weighted by Gasteiger charge is -2.41. The van der Waals surface area contributed by atoms with Crippen LogP contribution in [0, 0.1) is 0 Å². The maximum absolute atomic E-state index is 11.9. The van der Waals surface area contributed by atoms with Gasteiger partial charge in [0, 0.05) is 13.1 Å². The molecule has 1 aliphatic rings. The summed E-state index contributed by atoms with van der Waals surface area (Å²) in [6.45, 7) is 4.64. The Morgan fingerprint density at radius 2 is 1.88 bits per heavy atom. The van der Waals surface area contributed by atoms with Crippen LogP contribution >= 0.6 is 0 Å². The molecule has 0 aromatic heterocycles. The van der Waals surface area contributed by atoms with Gasteiger partial charge in [0.1, 0.15) is 5.54 Å². The van der Waals surface area contributed by atoms with Gasteiger partial charge in [0.15, 0.2) is 0 Å². The number of nitrogens with two attached hydrogens (primary N) is 1. The van der Waals surface area contributed by atoms with Crippen molar-refractivity contribution in [3.63, 3.8) is 0 Å². The summed E-state index contributed by atoms with van der Waals surface area (Å²) in [6, 6.07) is 9.68. The standard InChI is InChI=1S/C13H18N2O2/c1-13(12(14)16,11-5-3-2-4-6-11)15-7-9-17-10-8-15/h2-6H,7-10H2,1H3,(H2,14,16). The summed E-state index contributed by atoms with van der Waals surface area (Å²) in [5, 5.41) is 0. The van der Waals surface area contributed by atoms with Gasteiger partial charge >= 0.3 is 0 Å². The van der Waals surface area contributed by atoms with Crippen LogP contribution in [0.3, 0.4) is 0 Å². The molecule has 0 bridgehead atoms. The molecule has 0 spiro atoms. The summed E-state index contributed by atoms with van der Waals surface area (Å²) < 4.78 is 5.32. The van der Waals surface area contributed by atoms with Crippen molar-refractivity contribution in [3.05, 3.63) is 35.9 Å². The van der Waals surface area contributed by atoms with Gasteiger partial charge in [0.05, 0.1) is 13.2 Å². The molecule has 1 aliphatic heterocycles. The molecular weight excluding hydrogens is 216 g/mol. The molecule has 1 amide bonds. The number of amides is 1. The number of benzene rings is 1. The molecule has 2 rings (SSSR count). The average molecular weight is 234 g/mol. The highest BCUT2D eigenvalue weighted by atomic mass is 16.5. The number of hydrogen-bond donors (Lipinski definition) is 1. The van der Waals surface area contributed by atoms with Crippen molar-refractivity contribution in [1.82, 2.24) is 4.90 Å². The van der Waals surface area contributed by atoms with E-state index in [1.54, 1.807) is 0 Å². The number of carbonyl (C=O) groups excluding carboxylic acids is 1. The van der Waals surface area contributed by atoms with Crippen molar-refractivity contribution >= 4 is 5.91 Å². The maximum atomic E-state index is 11.9. The molecule has 2 N–H and O–H groups in total. The number of carbonyl (C=O) groups is 1. The molecule has 4 nitrogen and oxygen atoms in total. The molecule has 0 saturated carbocycles. The Morgan fingerprint density at radius 3 is 2.41 bits per heavy atom. The van der Waals surface area contributed by atoms with E-state index in [0.29, 0.717) is 13.2 Å². The third kappa shape index (κ3) is 2.18. The molecule has 4 heteroatoms. The van der Waals surface area contributed by atoms with Crippen molar-refractivity contribution in [2.45, 2.75) is 12.5 Å². The van der Waals surface area contributed by atoms with Crippen LogP contribution in [0.15, 0.2) is 30.3 Å². The highest BCUT2D eigenvalue weighted by Gasteiger charge is 2.39. The van der Waals surface area contributed by atoms with Crippen molar-refractivity contribution < 1.29 is 9.53 Å². The molecule has 1 heterocycles. The number of hydrogen-bond acceptors (Lipinski definition) is 3. The van der Waals surface area contributed by atoms with E-state index in [1.807, 2.05) is 37.3 Å². The second-order valence-corrected chi connectivity index (χ2v) is 4.40. The van der Waals surface area contributed by atoms with Crippen LogP contribution in [0.5, 0.6) is 0 Å². The zero-order valence-electron chi connectivity index (χ0n) is 10.1. The molecular formula is C13H18N2O2. The van der Waals surface area contributed by atoms with Gasteiger partial charge < -0.3 is 10.5 Å². The lowest BCUT2D eigenvalue weighted by atomic mass is 9.89. The number of rotatable bonds is 3. The molecule has 0 aliphatic carbocycles. The van der Waals surface area contributed by atoms with Crippen molar-refractivity contribution in [2.75, 3.05) is 26.3 Å². The van der Waals surface area contributed by atoms with Gasteiger partial charge in [-0.1, -0.05) is 30.3 Å². The number of morpholine rings is 1. The summed E-state index contributed by atoms with van der Waals surface area (Å²) in [6.07, 6.45) is 0. The Bertz CT molecular complexity index is 388. The van der Waals surface area contributed by atoms with Gasteiger partial charge in [-0.05, 0) is 12.5 Å². The number of primary amides is 1. The fourth-order valence-electron chi connectivity index (χ4n) is 2.25. The minimum absolute atomic E-state index is 0.314. The quantitative estimate of drug-likeness (QED) is 0.838. The van der Waals surface area contributed by atoms with Crippen LogP contribution in [0.2, 0.25) is 0 Å². The van der Waals surface area contributed by atoms with E-state index in [9.17, 15) is 4.79 Å².